The zero-order chi connectivity index (χ0) is 11.4. The smallest absolute Gasteiger partial charge is 0.0442 e. The molecule has 1 aromatic heterocycles. The third-order valence-corrected chi connectivity index (χ3v) is 4.49. The molecule has 3 heteroatoms. The molecule has 0 saturated carbocycles. The number of thiophene rings is 1. The summed E-state index contributed by atoms with van der Waals surface area (Å²) in [6, 6.07) is 5.83. The van der Waals surface area contributed by atoms with Gasteiger partial charge in [0.25, 0.3) is 0 Å². The molecule has 0 radical (unpaired) electrons. The molecule has 0 bridgehead atoms. The Labute approximate surface area is 103 Å². The SMILES string of the molecule is CCC(c1cccs1)N1CCCC1CNC. The van der Waals surface area contributed by atoms with E-state index in [1.807, 2.05) is 11.3 Å². The molecule has 1 aliphatic rings. The molecule has 0 aliphatic carbocycles. The lowest BCUT2D eigenvalue weighted by molar-refractivity contribution is 0.176. The van der Waals surface area contributed by atoms with Gasteiger partial charge >= 0.3 is 0 Å². The molecule has 1 fully saturated rings. The Kier molecular flexibility index (Phi) is 4.38. The summed E-state index contributed by atoms with van der Waals surface area (Å²) < 4.78 is 0. The summed E-state index contributed by atoms with van der Waals surface area (Å²) in [6.07, 6.45) is 3.93. The first-order valence-corrected chi connectivity index (χ1v) is 7.18. The lowest BCUT2D eigenvalue weighted by Crippen LogP contribution is -2.38. The highest BCUT2D eigenvalue weighted by Gasteiger charge is 2.30. The van der Waals surface area contributed by atoms with Crippen molar-refractivity contribution in [2.45, 2.75) is 38.3 Å². The van der Waals surface area contributed by atoms with Crippen molar-refractivity contribution in [1.29, 1.82) is 0 Å². The van der Waals surface area contributed by atoms with Gasteiger partial charge in [-0.3, -0.25) is 4.90 Å². The average Bonchev–Trinajstić information content (AvgIpc) is 2.92. The summed E-state index contributed by atoms with van der Waals surface area (Å²) in [7, 11) is 2.06. The number of nitrogens with zero attached hydrogens (tertiary/aromatic N) is 1. The lowest BCUT2D eigenvalue weighted by Gasteiger charge is -2.31. The van der Waals surface area contributed by atoms with Gasteiger partial charge in [-0.05, 0) is 44.3 Å². The predicted octanol–water partition coefficient (Wildman–Crippen LogP) is 2.88. The molecule has 2 rings (SSSR count). The van der Waals surface area contributed by atoms with Crippen molar-refractivity contribution in [1.82, 2.24) is 10.2 Å². The molecule has 16 heavy (non-hydrogen) atoms. The van der Waals surface area contributed by atoms with Crippen molar-refractivity contribution < 1.29 is 0 Å². The molecule has 90 valence electrons. The third kappa shape index (κ3) is 2.47. The van der Waals surface area contributed by atoms with E-state index in [9.17, 15) is 0 Å². The van der Waals surface area contributed by atoms with Crippen molar-refractivity contribution >= 4 is 11.3 Å². The van der Waals surface area contributed by atoms with Gasteiger partial charge in [0.2, 0.25) is 0 Å². The first kappa shape index (κ1) is 12.1. The highest BCUT2D eigenvalue weighted by Crippen LogP contribution is 2.33. The van der Waals surface area contributed by atoms with Gasteiger partial charge in [0.15, 0.2) is 0 Å². The number of rotatable bonds is 5. The predicted molar refractivity (Wildman–Crippen MR) is 71.0 cm³/mol. The Morgan fingerprint density at radius 3 is 3.12 bits per heavy atom. The van der Waals surface area contributed by atoms with Gasteiger partial charge < -0.3 is 5.32 Å². The number of nitrogens with one attached hydrogen (secondary N) is 1. The van der Waals surface area contributed by atoms with Crippen LogP contribution in [0.25, 0.3) is 0 Å². The van der Waals surface area contributed by atoms with E-state index in [4.69, 9.17) is 0 Å². The molecule has 2 nitrogen and oxygen atoms in total. The second-order valence-corrected chi connectivity index (χ2v) is 5.51. The quantitative estimate of drug-likeness (QED) is 0.848. The fourth-order valence-electron chi connectivity index (χ4n) is 2.80. The Morgan fingerprint density at radius 1 is 1.62 bits per heavy atom. The molecule has 2 heterocycles. The van der Waals surface area contributed by atoms with Crippen LogP contribution in [-0.4, -0.2) is 31.1 Å². The zero-order valence-electron chi connectivity index (χ0n) is 10.3. The van der Waals surface area contributed by atoms with Crippen LogP contribution < -0.4 is 5.32 Å². The van der Waals surface area contributed by atoms with Crippen LogP contribution in [0.3, 0.4) is 0 Å². The van der Waals surface area contributed by atoms with Crippen molar-refractivity contribution in [3.8, 4) is 0 Å². The average molecular weight is 238 g/mol. The van der Waals surface area contributed by atoms with Gasteiger partial charge in [-0.15, -0.1) is 11.3 Å². The van der Waals surface area contributed by atoms with Gasteiger partial charge in [-0.25, -0.2) is 0 Å². The summed E-state index contributed by atoms with van der Waals surface area (Å²) in [5.41, 5.74) is 0. The van der Waals surface area contributed by atoms with Crippen LogP contribution in [0.15, 0.2) is 17.5 Å². The second kappa shape index (κ2) is 5.80. The molecule has 0 amide bonds. The van der Waals surface area contributed by atoms with E-state index in [1.165, 1.54) is 30.7 Å². The van der Waals surface area contributed by atoms with Crippen LogP contribution in [0.2, 0.25) is 0 Å². The fourth-order valence-corrected chi connectivity index (χ4v) is 3.73. The maximum Gasteiger partial charge on any atom is 0.0442 e. The number of likely N-dealkylation sites (tertiary alicyclic amines) is 1. The summed E-state index contributed by atoms with van der Waals surface area (Å²) in [5.74, 6) is 0. The molecule has 1 saturated heterocycles. The van der Waals surface area contributed by atoms with Gasteiger partial charge in [-0.1, -0.05) is 13.0 Å². The second-order valence-electron chi connectivity index (χ2n) is 4.53. The molecular weight excluding hydrogens is 216 g/mol. The monoisotopic (exact) mass is 238 g/mol. The summed E-state index contributed by atoms with van der Waals surface area (Å²) in [5, 5.41) is 5.52. The number of likely N-dealkylation sites (N-methyl/N-ethyl adjacent to an activating group) is 1. The van der Waals surface area contributed by atoms with Gasteiger partial charge in [0.1, 0.15) is 0 Å². The lowest BCUT2D eigenvalue weighted by atomic mass is 10.1. The van der Waals surface area contributed by atoms with E-state index in [1.54, 1.807) is 0 Å². The molecule has 1 aromatic rings. The standard InChI is InChI=1S/C13H22N2S/c1-3-12(13-7-5-9-16-13)15-8-4-6-11(15)10-14-2/h5,7,9,11-12,14H,3-4,6,8,10H2,1-2H3. The molecule has 2 atom stereocenters. The summed E-state index contributed by atoms with van der Waals surface area (Å²) >= 11 is 1.90. The Balaban J connectivity index is 2.08. The molecule has 0 spiro atoms. The van der Waals surface area contributed by atoms with Crippen molar-refractivity contribution in [2.24, 2.45) is 0 Å². The van der Waals surface area contributed by atoms with E-state index in [2.05, 4.69) is 41.7 Å². The van der Waals surface area contributed by atoms with E-state index >= 15 is 0 Å². The zero-order valence-corrected chi connectivity index (χ0v) is 11.1. The molecule has 0 aromatic carbocycles. The van der Waals surface area contributed by atoms with Gasteiger partial charge in [0.05, 0.1) is 0 Å². The van der Waals surface area contributed by atoms with Crippen molar-refractivity contribution in [3.63, 3.8) is 0 Å². The number of hydrogen-bond acceptors (Lipinski definition) is 3. The molecule has 1 N–H and O–H groups in total. The van der Waals surface area contributed by atoms with Gasteiger partial charge in [0, 0.05) is 23.5 Å². The minimum atomic E-state index is 0.640. The first-order valence-electron chi connectivity index (χ1n) is 6.30. The van der Waals surface area contributed by atoms with E-state index < -0.39 is 0 Å². The van der Waals surface area contributed by atoms with Gasteiger partial charge in [-0.2, -0.15) is 0 Å². The molecular formula is C13H22N2S. The Hall–Kier alpha value is -0.380. The van der Waals surface area contributed by atoms with E-state index in [-0.39, 0.29) is 0 Å². The minimum Gasteiger partial charge on any atom is -0.318 e. The largest absolute Gasteiger partial charge is 0.318 e. The first-order chi connectivity index (χ1) is 7.86. The number of hydrogen-bond donors (Lipinski definition) is 1. The minimum absolute atomic E-state index is 0.640. The van der Waals surface area contributed by atoms with Crippen molar-refractivity contribution in [2.75, 3.05) is 20.1 Å². The van der Waals surface area contributed by atoms with Crippen LogP contribution in [0.4, 0.5) is 0 Å². The highest BCUT2D eigenvalue weighted by atomic mass is 32.1. The molecule has 1 aliphatic heterocycles. The Morgan fingerprint density at radius 2 is 2.50 bits per heavy atom. The summed E-state index contributed by atoms with van der Waals surface area (Å²) in [4.78, 5) is 4.23. The fraction of sp³-hybridized carbons (Fsp3) is 0.692. The Bertz CT molecular complexity index is 297. The topological polar surface area (TPSA) is 15.3 Å². The van der Waals surface area contributed by atoms with Crippen LogP contribution in [-0.2, 0) is 0 Å². The van der Waals surface area contributed by atoms with E-state index in [0.717, 1.165) is 12.6 Å². The van der Waals surface area contributed by atoms with Crippen LogP contribution in [0.5, 0.6) is 0 Å². The normalized spacial score (nSPS) is 23.8. The third-order valence-electron chi connectivity index (χ3n) is 3.52. The highest BCUT2D eigenvalue weighted by molar-refractivity contribution is 7.10. The van der Waals surface area contributed by atoms with Crippen LogP contribution >= 0.6 is 11.3 Å². The van der Waals surface area contributed by atoms with Crippen LogP contribution in [0, 0.1) is 0 Å². The maximum atomic E-state index is 3.33. The van der Waals surface area contributed by atoms with Crippen LogP contribution in [0.1, 0.15) is 37.1 Å². The van der Waals surface area contributed by atoms with E-state index in [0.29, 0.717) is 6.04 Å². The summed E-state index contributed by atoms with van der Waals surface area (Å²) in [6.45, 7) is 4.70. The maximum absolute atomic E-state index is 3.33. The van der Waals surface area contributed by atoms with Crippen molar-refractivity contribution in [3.05, 3.63) is 22.4 Å². The molecule has 2 unspecified atom stereocenters.